The van der Waals surface area contributed by atoms with Crippen LogP contribution in [-0.4, -0.2) is 18.2 Å². The summed E-state index contributed by atoms with van der Waals surface area (Å²) >= 11 is 0. The topological polar surface area (TPSA) is 46.2 Å². The summed E-state index contributed by atoms with van der Waals surface area (Å²) in [6.45, 7) is 2.65. The van der Waals surface area contributed by atoms with Crippen LogP contribution in [0.1, 0.15) is 43.8 Å². The van der Waals surface area contributed by atoms with Crippen molar-refractivity contribution in [1.82, 2.24) is 5.32 Å². The van der Waals surface area contributed by atoms with Gasteiger partial charge >= 0.3 is 0 Å². The maximum atomic E-state index is 12.5. The third-order valence-corrected chi connectivity index (χ3v) is 3.81. The van der Waals surface area contributed by atoms with Gasteiger partial charge in [0.25, 0.3) is 5.91 Å². The van der Waals surface area contributed by atoms with Gasteiger partial charge < -0.3 is 5.32 Å². The molecule has 0 saturated heterocycles. The molecule has 0 saturated carbocycles. The molecular formula is C18H17NO2. The number of amides is 1. The lowest BCUT2D eigenvalue weighted by Crippen LogP contribution is -2.22. The van der Waals surface area contributed by atoms with E-state index in [0.717, 1.165) is 24.0 Å². The molecule has 2 aromatic rings. The first kappa shape index (κ1) is 13.6. The smallest absolute Gasteiger partial charge is 0.251 e. The summed E-state index contributed by atoms with van der Waals surface area (Å²) in [6, 6.07) is 13.0. The van der Waals surface area contributed by atoms with Crippen LogP contribution in [0.25, 0.3) is 0 Å². The highest BCUT2D eigenvalue weighted by atomic mass is 16.1. The summed E-state index contributed by atoms with van der Waals surface area (Å²) in [5.41, 5.74) is 3.92. The standard InChI is InChI=1S/C18H17NO2/c1-12-4-2-5-14(10-12)17(20)15-8-7-13-6-3-9-19-18(21)16(13)11-15/h2,4-5,7-8,10-11H,3,6,9H2,1H3,(H,19,21). The van der Waals surface area contributed by atoms with Crippen molar-refractivity contribution in [3.8, 4) is 0 Å². The van der Waals surface area contributed by atoms with Crippen LogP contribution in [-0.2, 0) is 6.42 Å². The van der Waals surface area contributed by atoms with Crippen molar-refractivity contribution < 1.29 is 9.59 Å². The number of hydrogen-bond acceptors (Lipinski definition) is 2. The van der Waals surface area contributed by atoms with Crippen molar-refractivity contribution >= 4 is 11.7 Å². The summed E-state index contributed by atoms with van der Waals surface area (Å²) in [6.07, 6.45) is 1.80. The Morgan fingerprint density at radius 3 is 2.71 bits per heavy atom. The zero-order valence-corrected chi connectivity index (χ0v) is 12.0. The predicted octanol–water partition coefficient (Wildman–Crippen LogP) is 2.90. The van der Waals surface area contributed by atoms with Crippen LogP contribution in [0, 0.1) is 6.92 Å². The van der Waals surface area contributed by atoms with Gasteiger partial charge in [-0.2, -0.15) is 0 Å². The van der Waals surface area contributed by atoms with Crippen LogP contribution in [0.4, 0.5) is 0 Å². The Balaban J connectivity index is 2.00. The monoisotopic (exact) mass is 279 g/mol. The van der Waals surface area contributed by atoms with Crippen molar-refractivity contribution in [3.63, 3.8) is 0 Å². The summed E-state index contributed by atoms with van der Waals surface area (Å²) < 4.78 is 0. The van der Waals surface area contributed by atoms with Gasteiger partial charge in [0.15, 0.2) is 5.78 Å². The molecule has 21 heavy (non-hydrogen) atoms. The largest absolute Gasteiger partial charge is 0.352 e. The van der Waals surface area contributed by atoms with Gasteiger partial charge in [0.1, 0.15) is 0 Å². The van der Waals surface area contributed by atoms with Gasteiger partial charge in [-0.3, -0.25) is 9.59 Å². The molecule has 0 fully saturated rings. The Morgan fingerprint density at radius 1 is 1.10 bits per heavy atom. The van der Waals surface area contributed by atoms with Crippen molar-refractivity contribution in [1.29, 1.82) is 0 Å². The molecule has 0 unspecified atom stereocenters. The van der Waals surface area contributed by atoms with Gasteiger partial charge in [-0.05, 0) is 37.5 Å². The molecule has 3 rings (SSSR count). The summed E-state index contributed by atoms with van der Waals surface area (Å²) in [7, 11) is 0. The first-order valence-corrected chi connectivity index (χ1v) is 7.17. The van der Waals surface area contributed by atoms with Gasteiger partial charge in [0.05, 0.1) is 0 Å². The normalized spacial score (nSPS) is 14.0. The number of carbonyl (C=O) groups excluding carboxylic acids is 2. The number of ketones is 1. The summed E-state index contributed by atoms with van der Waals surface area (Å²) in [5, 5.41) is 2.87. The highest BCUT2D eigenvalue weighted by molar-refractivity contribution is 6.10. The van der Waals surface area contributed by atoms with Crippen molar-refractivity contribution in [2.75, 3.05) is 6.54 Å². The van der Waals surface area contributed by atoms with E-state index >= 15 is 0 Å². The third kappa shape index (κ3) is 2.72. The average Bonchev–Trinajstić information content (AvgIpc) is 2.68. The maximum absolute atomic E-state index is 12.5. The van der Waals surface area contributed by atoms with E-state index in [0.29, 0.717) is 23.2 Å². The minimum absolute atomic E-state index is 0.0430. The zero-order chi connectivity index (χ0) is 14.8. The minimum atomic E-state index is -0.0820. The van der Waals surface area contributed by atoms with Crippen molar-refractivity contribution in [3.05, 3.63) is 70.3 Å². The van der Waals surface area contributed by atoms with Crippen LogP contribution in [0.15, 0.2) is 42.5 Å². The van der Waals surface area contributed by atoms with Crippen LogP contribution in [0.2, 0.25) is 0 Å². The second-order valence-corrected chi connectivity index (χ2v) is 5.43. The molecule has 0 aromatic heterocycles. The fourth-order valence-corrected chi connectivity index (χ4v) is 2.68. The molecule has 2 aromatic carbocycles. The molecule has 0 atom stereocenters. The molecule has 0 radical (unpaired) electrons. The van der Waals surface area contributed by atoms with Crippen molar-refractivity contribution in [2.45, 2.75) is 19.8 Å². The van der Waals surface area contributed by atoms with E-state index < -0.39 is 0 Å². The van der Waals surface area contributed by atoms with Gasteiger partial charge in [-0.25, -0.2) is 0 Å². The van der Waals surface area contributed by atoms with E-state index in [1.165, 1.54) is 0 Å². The molecule has 0 bridgehead atoms. The Labute approximate surface area is 124 Å². The second-order valence-electron chi connectivity index (χ2n) is 5.43. The Bertz CT molecular complexity index is 719. The van der Waals surface area contributed by atoms with E-state index in [9.17, 15) is 9.59 Å². The quantitative estimate of drug-likeness (QED) is 0.859. The van der Waals surface area contributed by atoms with E-state index in [-0.39, 0.29) is 11.7 Å². The minimum Gasteiger partial charge on any atom is -0.352 e. The van der Waals surface area contributed by atoms with Gasteiger partial charge in [0.2, 0.25) is 0 Å². The van der Waals surface area contributed by atoms with E-state index in [1.807, 2.05) is 37.3 Å². The maximum Gasteiger partial charge on any atom is 0.251 e. The molecule has 1 amide bonds. The number of benzene rings is 2. The molecule has 1 N–H and O–H groups in total. The van der Waals surface area contributed by atoms with Crippen LogP contribution in [0.5, 0.6) is 0 Å². The Hall–Kier alpha value is -2.42. The van der Waals surface area contributed by atoms with Crippen LogP contribution < -0.4 is 5.32 Å². The lowest BCUT2D eigenvalue weighted by atomic mass is 9.96. The predicted molar refractivity (Wildman–Crippen MR) is 81.7 cm³/mol. The Kier molecular flexibility index (Phi) is 3.57. The highest BCUT2D eigenvalue weighted by Crippen LogP contribution is 2.19. The Morgan fingerprint density at radius 2 is 1.90 bits per heavy atom. The van der Waals surface area contributed by atoms with Crippen LogP contribution in [0.3, 0.4) is 0 Å². The number of aryl methyl sites for hydroxylation is 2. The first-order chi connectivity index (χ1) is 10.1. The molecular weight excluding hydrogens is 262 g/mol. The number of hydrogen-bond donors (Lipinski definition) is 1. The second kappa shape index (κ2) is 5.52. The SMILES string of the molecule is Cc1cccc(C(=O)c2ccc3c(c2)C(=O)NCCC3)c1. The molecule has 3 heteroatoms. The molecule has 3 nitrogen and oxygen atoms in total. The molecule has 1 heterocycles. The number of fused-ring (bicyclic) bond motifs is 1. The lowest BCUT2D eigenvalue weighted by molar-refractivity contribution is 0.0956. The van der Waals surface area contributed by atoms with Gasteiger partial charge in [-0.15, -0.1) is 0 Å². The molecule has 106 valence electrons. The molecule has 1 aliphatic heterocycles. The highest BCUT2D eigenvalue weighted by Gasteiger charge is 2.18. The number of nitrogens with one attached hydrogen (secondary N) is 1. The fourth-order valence-electron chi connectivity index (χ4n) is 2.68. The third-order valence-electron chi connectivity index (χ3n) is 3.81. The van der Waals surface area contributed by atoms with Gasteiger partial charge in [0, 0.05) is 23.2 Å². The summed E-state index contributed by atoms with van der Waals surface area (Å²) in [4.78, 5) is 24.6. The average molecular weight is 279 g/mol. The molecule has 0 spiro atoms. The molecule has 1 aliphatic rings. The first-order valence-electron chi connectivity index (χ1n) is 7.17. The number of carbonyl (C=O) groups is 2. The zero-order valence-electron chi connectivity index (χ0n) is 12.0. The fraction of sp³-hybridized carbons (Fsp3) is 0.222. The van der Waals surface area contributed by atoms with Crippen molar-refractivity contribution in [2.24, 2.45) is 0 Å². The summed E-state index contributed by atoms with van der Waals surface area (Å²) in [5.74, 6) is -0.125. The van der Waals surface area contributed by atoms with E-state index in [4.69, 9.17) is 0 Å². The van der Waals surface area contributed by atoms with Gasteiger partial charge in [-0.1, -0.05) is 35.9 Å². The lowest BCUT2D eigenvalue weighted by Gasteiger charge is -2.08. The molecule has 0 aliphatic carbocycles. The van der Waals surface area contributed by atoms with E-state index in [1.54, 1.807) is 12.1 Å². The van der Waals surface area contributed by atoms with E-state index in [2.05, 4.69) is 5.32 Å². The number of rotatable bonds is 2. The van der Waals surface area contributed by atoms with Crippen LogP contribution >= 0.6 is 0 Å².